The fraction of sp³-hybridized carbons (Fsp3) is 0.316. The van der Waals surface area contributed by atoms with E-state index in [0.29, 0.717) is 29.9 Å². The number of carbonyl (C=O) groups excluding carboxylic acids is 2. The van der Waals surface area contributed by atoms with E-state index in [9.17, 15) is 14.4 Å². The van der Waals surface area contributed by atoms with Crippen molar-refractivity contribution >= 4 is 11.8 Å². The van der Waals surface area contributed by atoms with Gasteiger partial charge in [-0.2, -0.15) is 0 Å². The molecule has 27 heavy (non-hydrogen) atoms. The van der Waals surface area contributed by atoms with E-state index in [1.165, 1.54) is 6.07 Å². The van der Waals surface area contributed by atoms with Crippen LogP contribution in [0.15, 0.2) is 35.1 Å². The second kappa shape index (κ2) is 7.94. The van der Waals surface area contributed by atoms with Gasteiger partial charge in [-0.3, -0.25) is 14.4 Å². The molecule has 0 saturated carbocycles. The van der Waals surface area contributed by atoms with Crippen molar-refractivity contribution in [2.45, 2.75) is 25.3 Å². The predicted octanol–water partition coefficient (Wildman–Crippen LogP) is 1.06. The Kier molecular flexibility index (Phi) is 5.44. The molecule has 1 aromatic carbocycles. The Balaban J connectivity index is 1.67. The number of hydrogen-bond donors (Lipinski definition) is 3. The van der Waals surface area contributed by atoms with Gasteiger partial charge in [-0.05, 0) is 55.2 Å². The predicted molar refractivity (Wildman–Crippen MR) is 97.9 cm³/mol. The number of nitrogens with two attached hydrogens (primary N) is 1. The largest absolute Gasteiger partial charge is 0.497 e. The van der Waals surface area contributed by atoms with E-state index >= 15 is 0 Å². The number of primary amides is 1. The van der Waals surface area contributed by atoms with Crippen molar-refractivity contribution < 1.29 is 19.1 Å². The summed E-state index contributed by atoms with van der Waals surface area (Å²) in [5, 5.41) is 2.89. The number of hydrogen-bond acceptors (Lipinski definition) is 5. The number of benzene rings is 1. The van der Waals surface area contributed by atoms with Crippen LogP contribution in [-0.4, -0.2) is 30.5 Å². The monoisotopic (exact) mass is 371 g/mol. The van der Waals surface area contributed by atoms with Gasteiger partial charge < -0.3 is 25.5 Å². The summed E-state index contributed by atoms with van der Waals surface area (Å²) in [4.78, 5) is 38.3. The first kappa shape index (κ1) is 18.5. The number of amides is 2. The third kappa shape index (κ3) is 4.28. The van der Waals surface area contributed by atoms with Crippen LogP contribution in [0.25, 0.3) is 0 Å². The quantitative estimate of drug-likeness (QED) is 0.700. The van der Waals surface area contributed by atoms with Crippen LogP contribution in [0, 0.1) is 0 Å². The van der Waals surface area contributed by atoms with Crippen molar-refractivity contribution in [3.63, 3.8) is 0 Å². The fourth-order valence-electron chi connectivity index (χ4n) is 3.13. The number of aromatic nitrogens is 1. The van der Waals surface area contributed by atoms with Crippen LogP contribution in [0.2, 0.25) is 0 Å². The molecular formula is C19H21N3O5. The van der Waals surface area contributed by atoms with Gasteiger partial charge in [0.15, 0.2) is 6.61 Å². The fourth-order valence-corrected chi connectivity index (χ4v) is 3.13. The Labute approximate surface area is 155 Å². The average molecular weight is 371 g/mol. The lowest BCUT2D eigenvalue weighted by atomic mass is 9.90. The van der Waals surface area contributed by atoms with Crippen LogP contribution >= 0.6 is 0 Å². The summed E-state index contributed by atoms with van der Waals surface area (Å²) in [7, 11) is 1.57. The Morgan fingerprint density at radius 2 is 1.96 bits per heavy atom. The summed E-state index contributed by atoms with van der Waals surface area (Å²) in [6, 6.07) is 8.08. The number of fused-ring (bicyclic) bond motifs is 1. The molecule has 0 bridgehead atoms. The highest BCUT2D eigenvalue weighted by Crippen LogP contribution is 2.28. The number of carbonyl (C=O) groups is 2. The molecule has 0 spiro atoms. The van der Waals surface area contributed by atoms with Crippen molar-refractivity contribution in [1.29, 1.82) is 0 Å². The Hall–Kier alpha value is -3.29. The van der Waals surface area contributed by atoms with E-state index in [0.717, 1.165) is 12.1 Å². The van der Waals surface area contributed by atoms with Gasteiger partial charge in [0.05, 0.1) is 13.2 Å². The van der Waals surface area contributed by atoms with E-state index in [1.54, 1.807) is 31.4 Å². The Morgan fingerprint density at radius 3 is 2.63 bits per heavy atom. The summed E-state index contributed by atoms with van der Waals surface area (Å²) in [5.41, 5.74) is 6.08. The van der Waals surface area contributed by atoms with Crippen LogP contribution in [0.1, 0.15) is 40.5 Å². The normalized spacial score (nSPS) is 15.5. The molecule has 3 rings (SSSR count). The molecule has 8 heteroatoms. The topological polar surface area (TPSA) is 124 Å². The van der Waals surface area contributed by atoms with E-state index in [-0.39, 0.29) is 24.1 Å². The summed E-state index contributed by atoms with van der Waals surface area (Å²) in [6.45, 7) is -0.149. The molecule has 1 aliphatic rings. The highest BCUT2D eigenvalue weighted by atomic mass is 16.5. The number of rotatable bonds is 6. The smallest absolute Gasteiger partial charge is 0.261 e. The second-order valence-corrected chi connectivity index (χ2v) is 6.29. The molecule has 1 heterocycles. The molecular weight excluding hydrogens is 350 g/mol. The molecule has 1 atom stereocenters. The van der Waals surface area contributed by atoms with Crippen molar-refractivity contribution in [3.8, 4) is 11.5 Å². The molecule has 4 N–H and O–H groups in total. The maximum Gasteiger partial charge on any atom is 0.261 e. The van der Waals surface area contributed by atoms with Crippen LogP contribution < -0.4 is 26.1 Å². The van der Waals surface area contributed by atoms with E-state index < -0.39 is 11.5 Å². The van der Waals surface area contributed by atoms with Crippen molar-refractivity contribution in [1.82, 2.24) is 10.3 Å². The van der Waals surface area contributed by atoms with E-state index in [2.05, 4.69) is 10.3 Å². The lowest BCUT2D eigenvalue weighted by Crippen LogP contribution is -2.36. The molecule has 2 amide bonds. The zero-order chi connectivity index (χ0) is 19.4. The highest BCUT2D eigenvalue weighted by Gasteiger charge is 2.25. The van der Waals surface area contributed by atoms with Crippen molar-refractivity contribution in [2.75, 3.05) is 13.7 Å². The number of nitrogens with one attached hydrogen (secondary N) is 2. The van der Waals surface area contributed by atoms with Gasteiger partial charge in [-0.25, -0.2) is 0 Å². The third-order valence-electron chi connectivity index (χ3n) is 4.48. The maximum absolute atomic E-state index is 12.3. The van der Waals surface area contributed by atoms with Gasteiger partial charge in [0, 0.05) is 5.69 Å². The van der Waals surface area contributed by atoms with E-state index in [1.807, 2.05) is 0 Å². The molecule has 0 radical (unpaired) electrons. The van der Waals surface area contributed by atoms with Gasteiger partial charge in [0.25, 0.3) is 17.4 Å². The molecule has 0 saturated heterocycles. The first-order valence-corrected chi connectivity index (χ1v) is 8.60. The lowest BCUT2D eigenvalue weighted by Gasteiger charge is -2.26. The molecule has 142 valence electrons. The summed E-state index contributed by atoms with van der Waals surface area (Å²) in [6.07, 6.45) is 2.19. The minimum Gasteiger partial charge on any atom is -0.497 e. The van der Waals surface area contributed by atoms with Gasteiger partial charge >= 0.3 is 0 Å². The standard InChI is InChI=1S/C19H21N3O5/c1-26-11-5-7-12(8-6-11)27-10-17(23)21-15-3-2-4-16-13(15)9-14(18(20)24)19(25)22-16/h5-9,15H,2-4,10H2,1H3,(H2,20,24)(H,21,23)(H,22,25). The second-order valence-electron chi connectivity index (χ2n) is 6.29. The van der Waals surface area contributed by atoms with Gasteiger partial charge in [0.2, 0.25) is 0 Å². The van der Waals surface area contributed by atoms with Crippen LogP contribution in [0.4, 0.5) is 0 Å². The lowest BCUT2D eigenvalue weighted by molar-refractivity contribution is -0.124. The Bertz CT molecular complexity index is 905. The summed E-state index contributed by atoms with van der Waals surface area (Å²) >= 11 is 0. The summed E-state index contributed by atoms with van der Waals surface area (Å²) < 4.78 is 10.5. The molecule has 0 fully saturated rings. The number of aryl methyl sites for hydroxylation is 1. The number of methoxy groups -OCH3 is 1. The third-order valence-corrected chi connectivity index (χ3v) is 4.48. The van der Waals surface area contributed by atoms with Crippen molar-refractivity contribution in [3.05, 3.63) is 57.5 Å². The van der Waals surface area contributed by atoms with Crippen LogP contribution in [0.3, 0.4) is 0 Å². The molecule has 1 aromatic heterocycles. The molecule has 1 aliphatic carbocycles. The molecule has 0 aliphatic heterocycles. The first-order chi connectivity index (χ1) is 13.0. The Morgan fingerprint density at radius 1 is 1.26 bits per heavy atom. The molecule has 1 unspecified atom stereocenters. The van der Waals surface area contributed by atoms with Crippen molar-refractivity contribution in [2.24, 2.45) is 5.73 Å². The number of pyridine rings is 1. The first-order valence-electron chi connectivity index (χ1n) is 8.60. The van der Waals surface area contributed by atoms with E-state index in [4.69, 9.17) is 15.2 Å². The minimum atomic E-state index is -0.794. The van der Waals surface area contributed by atoms with Crippen LogP contribution in [0.5, 0.6) is 11.5 Å². The zero-order valence-corrected chi connectivity index (χ0v) is 14.9. The zero-order valence-electron chi connectivity index (χ0n) is 14.9. The number of H-pyrrole nitrogens is 1. The number of ether oxygens (including phenoxy) is 2. The maximum atomic E-state index is 12.3. The minimum absolute atomic E-state index is 0.107. The van der Waals surface area contributed by atoms with Gasteiger partial charge in [0.1, 0.15) is 17.1 Å². The van der Waals surface area contributed by atoms with Gasteiger partial charge in [-0.15, -0.1) is 0 Å². The van der Waals surface area contributed by atoms with Gasteiger partial charge in [-0.1, -0.05) is 0 Å². The molecule has 8 nitrogen and oxygen atoms in total. The molecule has 2 aromatic rings. The van der Waals surface area contributed by atoms with Crippen LogP contribution in [-0.2, 0) is 11.2 Å². The number of aromatic amines is 1. The average Bonchev–Trinajstić information content (AvgIpc) is 2.66. The highest BCUT2D eigenvalue weighted by molar-refractivity contribution is 5.92. The SMILES string of the molecule is COc1ccc(OCC(=O)NC2CCCc3[nH]c(=O)c(C(N)=O)cc32)cc1. The summed E-state index contributed by atoms with van der Waals surface area (Å²) in [5.74, 6) is 0.160.